The number of nitrogens with one attached hydrogen (secondary N) is 1. The Balaban J connectivity index is 1.71. The van der Waals surface area contributed by atoms with Crippen LogP contribution in [0.4, 0.5) is 0 Å². The van der Waals surface area contributed by atoms with Gasteiger partial charge >= 0.3 is 0 Å². The Hall–Kier alpha value is -1.61. The van der Waals surface area contributed by atoms with E-state index in [1.165, 1.54) is 22.7 Å². The average Bonchev–Trinajstić information content (AvgIpc) is 3.18. The molecular formula is C13H11N3O2S3. The fourth-order valence-corrected chi connectivity index (χ4v) is 4.54. The van der Waals surface area contributed by atoms with Gasteiger partial charge in [-0.1, -0.05) is 6.07 Å². The van der Waals surface area contributed by atoms with Crippen molar-refractivity contribution >= 4 is 32.7 Å². The van der Waals surface area contributed by atoms with E-state index < -0.39 is 10.0 Å². The van der Waals surface area contributed by atoms with Gasteiger partial charge in [-0.05, 0) is 23.6 Å². The number of rotatable bonds is 5. The van der Waals surface area contributed by atoms with Crippen LogP contribution < -0.4 is 4.72 Å². The Labute approximate surface area is 130 Å². The molecule has 5 nitrogen and oxygen atoms in total. The summed E-state index contributed by atoms with van der Waals surface area (Å²) in [5, 5.41) is 4.35. The van der Waals surface area contributed by atoms with E-state index in [0.717, 1.165) is 11.3 Å². The topological polar surface area (TPSA) is 72.0 Å². The summed E-state index contributed by atoms with van der Waals surface area (Å²) in [4.78, 5) is 8.46. The molecule has 21 heavy (non-hydrogen) atoms. The summed E-state index contributed by atoms with van der Waals surface area (Å²) in [5.74, 6) is 0. The summed E-state index contributed by atoms with van der Waals surface area (Å²) >= 11 is 2.61. The summed E-state index contributed by atoms with van der Waals surface area (Å²) in [6, 6.07) is 7.05. The summed E-state index contributed by atoms with van der Waals surface area (Å²) in [6.07, 6.45) is 3.43. The molecule has 0 bridgehead atoms. The largest absolute Gasteiger partial charge is 0.264 e. The molecule has 0 spiro atoms. The molecule has 108 valence electrons. The van der Waals surface area contributed by atoms with Crippen molar-refractivity contribution in [2.24, 2.45) is 0 Å². The van der Waals surface area contributed by atoms with E-state index in [0.29, 0.717) is 9.22 Å². The highest BCUT2D eigenvalue weighted by Crippen LogP contribution is 2.21. The maximum Gasteiger partial charge on any atom is 0.250 e. The van der Waals surface area contributed by atoms with Gasteiger partial charge in [0.05, 0.1) is 12.2 Å². The van der Waals surface area contributed by atoms with E-state index in [1.54, 1.807) is 29.9 Å². The molecular weight excluding hydrogens is 326 g/mol. The predicted octanol–water partition coefficient (Wildman–Crippen LogP) is 2.75. The molecule has 0 aliphatic carbocycles. The molecule has 0 radical (unpaired) electrons. The molecule has 0 saturated carbocycles. The monoisotopic (exact) mass is 337 g/mol. The molecule has 3 rings (SSSR count). The lowest BCUT2D eigenvalue weighted by atomic mass is 10.2. The van der Waals surface area contributed by atoms with E-state index in [-0.39, 0.29) is 6.54 Å². The van der Waals surface area contributed by atoms with Gasteiger partial charge < -0.3 is 0 Å². The van der Waals surface area contributed by atoms with Gasteiger partial charge in [-0.2, -0.15) is 0 Å². The van der Waals surface area contributed by atoms with Crippen molar-refractivity contribution in [1.82, 2.24) is 14.7 Å². The van der Waals surface area contributed by atoms with Gasteiger partial charge in [0.1, 0.15) is 9.22 Å². The Bertz CT molecular complexity index is 811. The van der Waals surface area contributed by atoms with Crippen LogP contribution in [-0.4, -0.2) is 18.4 Å². The lowest BCUT2D eigenvalue weighted by molar-refractivity contribution is 0.583. The lowest BCUT2D eigenvalue weighted by Gasteiger charge is -2.01. The van der Waals surface area contributed by atoms with Crippen molar-refractivity contribution in [3.05, 3.63) is 52.4 Å². The van der Waals surface area contributed by atoms with Gasteiger partial charge in [-0.3, -0.25) is 4.98 Å². The van der Waals surface area contributed by atoms with Gasteiger partial charge in [0.15, 0.2) is 0 Å². The fourth-order valence-electron chi connectivity index (χ4n) is 1.68. The van der Waals surface area contributed by atoms with Crippen LogP contribution in [0.5, 0.6) is 0 Å². The van der Waals surface area contributed by atoms with Gasteiger partial charge in [0, 0.05) is 23.3 Å². The summed E-state index contributed by atoms with van der Waals surface area (Å²) in [6.45, 7) is 0.186. The molecule has 1 N–H and O–H groups in total. The first-order valence-corrected chi connectivity index (χ1v) is 9.27. The van der Waals surface area contributed by atoms with E-state index in [4.69, 9.17) is 0 Å². The number of pyridine rings is 1. The highest BCUT2D eigenvalue weighted by molar-refractivity contribution is 7.91. The summed E-state index contributed by atoms with van der Waals surface area (Å²) in [5.41, 5.74) is 1.72. The first kappa shape index (κ1) is 14.3. The van der Waals surface area contributed by atoms with E-state index in [9.17, 15) is 8.42 Å². The van der Waals surface area contributed by atoms with Crippen molar-refractivity contribution in [1.29, 1.82) is 0 Å². The number of hydrogen-bond acceptors (Lipinski definition) is 6. The minimum absolute atomic E-state index is 0.186. The van der Waals surface area contributed by atoms with Crippen molar-refractivity contribution in [2.45, 2.75) is 10.8 Å². The fraction of sp³-hybridized carbons (Fsp3) is 0.0769. The van der Waals surface area contributed by atoms with Crippen molar-refractivity contribution < 1.29 is 8.42 Å². The van der Waals surface area contributed by atoms with Crippen molar-refractivity contribution in [3.8, 4) is 11.3 Å². The molecule has 0 saturated heterocycles. The van der Waals surface area contributed by atoms with Crippen LogP contribution in [0.3, 0.4) is 0 Å². The SMILES string of the molecule is O=S(=O)(NCc1nc(-c2cccnc2)cs1)c1cccs1. The number of hydrogen-bond donors (Lipinski definition) is 1. The molecule has 3 aromatic heterocycles. The highest BCUT2D eigenvalue weighted by atomic mass is 32.2. The molecule has 0 amide bonds. The number of thiophene rings is 1. The molecule has 0 fully saturated rings. The molecule has 0 aliphatic rings. The molecule has 0 aromatic carbocycles. The maximum absolute atomic E-state index is 12.0. The third-order valence-electron chi connectivity index (χ3n) is 2.68. The summed E-state index contributed by atoms with van der Waals surface area (Å²) < 4.78 is 26.9. The zero-order chi connectivity index (χ0) is 14.7. The quantitative estimate of drug-likeness (QED) is 0.777. The molecule has 0 unspecified atom stereocenters. The van der Waals surface area contributed by atoms with Crippen molar-refractivity contribution in [2.75, 3.05) is 0 Å². The van der Waals surface area contributed by atoms with Crippen LogP contribution in [0.25, 0.3) is 11.3 Å². The number of thiazole rings is 1. The van der Waals surface area contributed by atoms with Crippen LogP contribution in [0.1, 0.15) is 5.01 Å². The van der Waals surface area contributed by atoms with E-state index >= 15 is 0 Å². The second kappa shape index (κ2) is 6.02. The minimum atomic E-state index is -3.45. The van der Waals surface area contributed by atoms with Crippen LogP contribution in [-0.2, 0) is 16.6 Å². The van der Waals surface area contributed by atoms with Crippen molar-refractivity contribution in [3.63, 3.8) is 0 Å². The van der Waals surface area contributed by atoms with Crippen LogP contribution in [0, 0.1) is 0 Å². The first-order chi connectivity index (χ1) is 10.1. The van der Waals surface area contributed by atoms with Crippen LogP contribution in [0.15, 0.2) is 51.6 Å². The third kappa shape index (κ3) is 3.35. The average molecular weight is 337 g/mol. The lowest BCUT2D eigenvalue weighted by Crippen LogP contribution is -2.22. The van der Waals surface area contributed by atoms with Gasteiger partial charge in [-0.25, -0.2) is 18.1 Å². The molecule has 8 heteroatoms. The number of nitrogens with zero attached hydrogens (tertiary/aromatic N) is 2. The predicted molar refractivity (Wildman–Crippen MR) is 83.7 cm³/mol. The van der Waals surface area contributed by atoms with Gasteiger partial charge in [-0.15, -0.1) is 22.7 Å². The van der Waals surface area contributed by atoms with Gasteiger partial charge in [0.2, 0.25) is 10.0 Å². The normalized spacial score (nSPS) is 11.6. The third-order valence-corrected chi connectivity index (χ3v) is 6.33. The Morgan fingerprint density at radius 3 is 2.81 bits per heavy atom. The Morgan fingerprint density at radius 1 is 1.19 bits per heavy atom. The molecule has 3 heterocycles. The second-order valence-electron chi connectivity index (χ2n) is 4.12. The maximum atomic E-state index is 12.0. The zero-order valence-electron chi connectivity index (χ0n) is 10.8. The van der Waals surface area contributed by atoms with Gasteiger partial charge in [0.25, 0.3) is 0 Å². The minimum Gasteiger partial charge on any atom is -0.264 e. The zero-order valence-corrected chi connectivity index (χ0v) is 13.2. The number of aromatic nitrogens is 2. The molecule has 0 atom stereocenters. The Morgan fingerprint density at radius 2 is 2.10 bits per heavy atom. The first-order valence-electron chi connectivity index (χ1n) is 6.03. The standard InChI is InChI=1S/C13H11N3O2S3/c17-21(18,13-4-2-6-19-13)15-8-12-16-11(9-20-12)10-3-1-5-14-7-10/h1-7,9,15H,8H2. The Kier molecular flexibility index (Phi) is 4.11. The van der Waals surface area contributed by atoms with E-state index in [2.05, 4.69) is 14.7 Å². The molecule has 3 aromatic rings. The van der Waals surface area contributed by atoms with E-state index in [1.807, 2.05) is 17.5 Å². The highest BCUT2D eigenvalue weighted by Gasteiger charge is 2.15. The number of sulfonamides is 1. The smallest absolute Gasteiger partial charge is 0.250 e. The van der Waals surface area contributed by atoms with Crippen LogP contribution >= 0.6 is 22.7 Å². The van der Waals surface area contributed by atoms with Crippen LogP contribution in [0.2, 0.25) is 0 Å². The second-order valence-corrected chi connectivity index (χ2v) is 8.01. The summed E-state index contributed by atoms with van der Waals surface area (Å²) in [7, 11) is -3.45. The molecule has 0 aliphatic heterocycles.